The number of hydrogen-bond donors (Lipinski definition) is 3. The number of thiophene rings is 1. The van der Waals surface area contributed by atoms with Crippen molar-refractivity contribution in [3.8, 4) is 0 Å². The number of aliphatic carboxylic acids is 1. The Morgan fingerprint density at radius 3 is 2.43 bits per heavy atom. The number of carboxylic acids is 2. The Bertz CT molecular complexity index is 385. The second-order valence-corrected chi connectivity index (χ2v) is 3.87. The maximum Gasteiger partial charge on any atom is 0.346 e. The van der Waals surface area contributed by atoms with Crippen LogP contribution in [0, 0.1) is 6.92 Å². The molecule has 0 aromatic carbocycles. The van der Waals surface area contributed by atoms with Gasteiger partial charge in [0.25, 0.3) is 0 Å². The molecule has 0 bridgehead atoms. The van der Waals surface area contributed by atoms with E-state index in [0.717, 1.165) is 11.3 Å². The highest BCUT2D eigenvalue weighted by molar-refractivity contribution is 7.14. The summed E-state index contributed by atoms with van der Waals surface area (Å²) in [5, 5.41) is 17.3. The van der Waals surface area contributed by atoms with E-state index >= 15 is 0 Å². The standard InChI is InChI=1S/C8H9NO4S/c1-3-2-4(5(9)7(10)11)14-6(3)8(12)13/h2,5H,9H2,1H3,(H,10,11)(H,12,13). The quantitative estimate of drug-likeness (QED) is 0.693. The molecule has 1 aromatic heterocycles. The molecule has 5 nitrogen and oxygen atoms in total. The number of carbonyl (C=O) groups is 2. The van der Waals surface area contributed by atoms with Crippen molar-refractivity contribution in [1.82, 2.24) is 0 Å². The number of nitrogens with two attached hydrogens (primary N) is 1. The molecule has 1 aromatic rings. The second kappa shape index (κ2) is 3.77. The van der Waals surface area contributed by atoms with E-state index in [1.54, 1.807) is 6.92 Å². The van der Waals surface area contributed by atoms with Gasteiger partial charge >= 0.3 is 11.9 Å². The molecule has 0 spiro atoms. The molecule has 1 heterocycles. The molecule has 0 saturated carbocycles. The topological polar surface area (TPSA) is 101 Å². The van der Waals surface area contributed by atoms with Crippen molar-refractivity contribution in [2.24, 2.45) is 5.73 Å². The van der Waals surface area contributed by atoms with Gasteiger partial charge in [0.15, 0.2) is 0 Å². The fourth-order valence-corrected chi connectivity index (χ4v) is 2.00. The third kappa shape index (κ3) is 1.91. The summed E-state index contributed by atoms with van der Waals surface area (Å²) in [4.78, 5) is 21.7. The van der Waals surface area contributed by atoms with Gasteiger partial charge in [0.1, 0.15) is 10.9 Å². The fraction of sp³-hybridized carbons (Fsp3) is 0.250. The predicted octanol–water partition coefficient (Wildman–Crippen LogP) is 0.839. The Hall–Kier alpha value is -1.40. The average Bonchev–Trinajstić information content (AvgIpc) is 2.45. The van der Waals surface area contributed by atoms with Gasteiger partial charge < -0.3 is 15.9 Å². The van der Waals surface area contributed by atoms with E-state index in [0.29, 0.717) is 10.4 Å². The number of hydrogen-bond acceptors (Lipinski definition) is 4. The number of aryl methyl sites for hydroxylation is 1. The molecule has 0 aliphatic carbocycles. The van der Waals surface area contributed by atoms with Crippen LogP contribution < -0.4 is 5.73 Å². The summed E-state index contributed by atoms with van der Waals surface area (Å²) in [5.74, 6) is -2.22. The summed E-state index contributed by atoms with van der Waals surface area (Å²) in [6.07, 6.45) is 0. The van der Waals surface area contributed by atoms with Gasteiger partial charge in [0.05, 0.1) is 0 Å². The lowest BCUT2D eigenvalue weighted by Gasteiger charge is -2.00. The largest absolute Gasteiger partial charge is 0.480 e. The van der Waals surface area contributed by atoms with Crippen LogP contribution in [0.5, 0.6) is 0 Å². The van der Waals surface area contributed by atoms with Gasteiger partial charge in [-0.1, -0.05) is 0 Å². The predicted molar refractivity (Wildman–Crippen MR) is 50.6 cm³/mol. The van der Waals surface area contributed by atoms with E-state index in [2.05, 4.69) is 0 Å². The number of carboxylic acid groups (broad SMARTS) is 2. The molecule has 76 valence electrons. The Balaban J connectivity index is 3.08. The van der Waals surface area contributed by atoms with Crippen molar-refractivity contribution >= 4 is 23.3 Å². The molecule has 0 radical (unpaired) electrons. The average molecular weight is 215 g/mol. The molecule has 1 unspecified atom stereocenters. The third-order valence-electron chi connectivity index (χ3n) is 1.70. The van der Waals surface area contributed by atoms with Crippen LogP contribution in [0.2, 0.25) is 0 Å². The van der Waals surface area contributed by atoms with Crippen LogP contribution in [-0.2, 0) is 4.79 Å². The van der Waals surface area contributed by atoms with Crippen LogP contribution in [0.3, 0.4) is 0 Å². The third-order valence-corrected chi connectivity index (χ3v) is 3.01. The minimum Gasteiger partial charge on any atom is -0.480 e. The second-order valence-electron chi connectivity index (χ2n) is 2.78. The first-order valence-corrected chi connectivity index (χ1v) is 4.57. The van der Waals surface area contributed by atoms with Crippen molar-refractivity contribution in [2.45, 2.75) is 13.0 Å². The normalized spacial score (nSPS) is 12.4. The van der Waals surface area contributed by atoms with Gasteiger partial charge in [-0.05, 0) is 18.6 Å². The molecule has 0 aliphatic heterocycles. The van der Waals surface area contributed by atoms with Crippen molar-refractivity contribution in [1.29, 1.82) is 0 Å². The van der Waals surface area contributed by atoms with E-state index < -0.39 is 18.0 Å². The van der Waals surface area contributed by atoms with Gasteiger partial charge in [-0.2, -0.15) is 0 Å². The zero-order valence-corrected chi connectivity index (χ0v) is 8.17. The summed E-state index contributed by atoms with van der Waals surface area (Å²) in [7, 11) is 0. The maximum atomic E-state index is 10.6. The van der Waals surface area contributed by atoms with Gasteiger partial charge in [0.2, 0.25) is 0 Å². The molecule has 0 saturated heterocycles. The van der Waals surface area contributed by atoms with Crippen molar-refractivity contribution in [2.75, 3.05) is 0 Å². The van der Waals surface area contributed by atoms with Crippen LogP contribution in [0.15, 0.2) is 6.07 Å². The van der Waals surface area contributed by atoms with E-state index in [1.165, 1.54) is 6.07 Å². The Morgan fingerprint density at radius 1 is 1.50 bits per heavy atom. The van der Waals surface area contributed by atoms with E-state index in [-0.39, 0.29) is 4.88 Å². The van der Waals surface area contributed by atoms with Crippen molar-refractivity contribution < 1.29 is 19.8 Å². The number of aromatic carboxylic acids is 1. The summed E-state index contributed by atoms with van der Waals surface area (Å²) in [5.41, 5.74) is 5.87. The highest BCUT2D eigenvalue weighted by Crippen LogP contribution is 2.26. The van der Waals surface area contributed by atoms with E-state index in [4.69, 9.17) is 15.9 Å². The van der Waals surface area contributed by atoms with E-state index in [1.807, 2.05) is 0 Å². The molecule has 0 fully saturated rings. The van der Waals surface area contributed by atoms with Gasteiger partial charge in [-0.15, -0.1) is 11.3 Å². The molecule has 4 N–H and O–H groups in total. The summed E-state index contributed by atoms with van der Waals surface area (Å²) < 4.78 is 0. The van der Waals surface area contributed by atoms with Crippen LogP contribution >= 0.6 is 11.3 Å². The smallest absolute Gasteiger partial charge is 0.346 e. The Labute approximate surface area is 83.8 Å². The monoisotopic (exact) mass is 215 g/mol. The minimum absolute atomic E-state index is 0.136. The Kier molecular flexibility index (Phi) is 2.87. The van der Waals surface area contributed by atoms with Crippen LogP contribution in [0.4, 0.5) is 0 Å². The first-order valence-electron chi connectivity index (χ1n) is 3.75. The molecule has 1 rings (SSSR count). The fourth-order valence-electron chi connectivity index (χ4n) is 0.994. The Morgan fingerprint density at radius 2 is 2.07 bits per heavy atom. The van der Waals surface area contributed by atoms with Gasteiger partial charge in [-0.25, -0.2) is 4.79 Å². The SMILES string of the molecule is Cc1cc(C(N)C(=O)O)sc1C(=O)O. The zero-order valence-electron chi connectivity index (χ0n) is 7.35. The highest BCUT2D eigenvalue weighted by Gasteiger charge is 2.20. The van der Waals surface area contributed by atoms with Crippen molar-refractivity contribution in [3.05, 3.63) is 21.4 Å². The van der Waals surface area contributed by atoms with Gasteiger partial charge in [-0.3, -0.25) is 4.79 Å². The molecule has 6 heteroatoms. The number of rotatable bonds is 3. The molecule has 1 atom stereocenters. The summed E-state index contributed by atoms with van der Waals surface area (Å²) >= 11 is 0.899. The molecule has 14 heavy (non-hydrogen) atoms. The lowest BCUT2D eigenvalue weighted by atomic mass is 10.2. The van der Waals surface area contributed by atoms with Crippen LogP contribution in [-0.4, -0.2) is 22.2 Å². The lowest BCUT2D eigenvalue weighted by Crippen LogP contribution is -2.19. The zero-order chi connectivity index (χ0) is 10.9. The highest BCUT2D eigenvalue weighted by atomic mass is 32.1. The van der Waals surface area contributed by atoms with Crippen LogP contribution in [0.1, 0.15) is 26.2 Å². The first kappa shape index (κ1) is 10.7. The van der Waals surface area contributed by atoms with Crippen LogP contribution in [0.25, 0.3) is 0 Å². The molecule has 0 amide bonds. The minimum atomic E-state index is -1.16. The van der Waals surface area contributed by atoms with Crippen molar-refractivity contribution in [3.63, 3.8) is 0 Å². The lowest BCUT2D eigenvalue weighted by molar-refractivity contribution is -0.138. The molecular formula is C8H9NO4S. The van der Waals surface area contributed by atoms with Gasteiger partial charge in [0, 0.05) is 4.88 Å². The maximum absolute atomic E-state index is 10.6. The summed E-state index contributed by atoms with van der Waals surface area (Å²) in [6.45, 7) is 1.61. The molecular weight excluding hydrogens is 206 g/mol. The summed E-state index contributed by atoms with van der Waals surface area (Å²) in [6, 6.07) is 0.346. The molecule has 0 aliphatic rings. The van der Waals surface area contributed by atoms with E-state index in [9.17, 15) is 9.59 Å². The first-order chi connectivity index (χ1) is 6.43.